The average molecular weight is 371 g/mol. The van der Waals surface area contributed by atoms with Crippen LogP contribution >= 0.6 is 0 Å². The van der Waals surface area contributed by atoms with Crippen LogP contribution in [0, 0.1) is 0 Å². The molecule has 0 spiro atoms. The quantitative estimate of drug-likeness (QED) is 0.886. The summed E-state index contributed by atoms with van der Waals surface area (Å²) in [5.74, 6) is 2.13. The van der Waals surface area contributed by atoms with Gasteiger partial charge in [0.2, 0.25) is 5.95 Å². The maximum absolute atomic E-state index is 10.2. The molecule has 146 valence electrons. The molecule has 4 rings (SSSR count). The highest BCUT2D eigenvalue weighted by Crippen LogP contribution is 2.36. The molecular formula is C20H29N5O2. The fourth-order valence-corrected chi connectivity index (χ4v) is 4.29. The fraction of sp³-hybridized carbons (Fsp3) is 0.600. The molecule has 1 saturated carbocycles. The van der Waals surface area contributed by atoms with Crippen LogP contribution in [-0.2, 0) is 0 Å². The van der Waals surface area contributed by atoms with E-state index >= 15 is 0 Å². The molecule has 1 saturated heterocycles. The number of benzene rings is 1. The van der Waals surface area contributed by atoms with E-state index in [0.717, 1.165) is 48.9 Å². The van der Waals surface area contributed by atoms with E-state index in [4.69, 9.17) is 9.72 Å². The van der Waals surface area contributed by atoms with Crippen molar-refractivity contribution in [3.63, 3.8) is 0 Å². The third-order valence-corrected chi connectivity index (χ3v) is 5.82. The van der Waals surface area contributed by atoms with Crippen LogP contribution in [0.4, 0.5) is 11.8 Å². The Morgan fingerprint density at radius 3 is 2.41 bits per heavy atom. The lowest BCUT2D eigenvalue weighted by atomic mass is 10.1. The summed E-state index contributed by atoms with van der Waals surface area (Å²) in [5, 5.41) is 11.1. The van der Waals surface area contributed by atoms with Gasteiger partial charge in [-0.05, 0) is 18.9 Å². The molecule has 27 heavy (non-hydrogen) atoms. The maximum atomic E-state index is 10.2. The number of anilines is 2. The van der Waals surface area contributed by atoms with Gasteiger partial charge >= 0.3 is 0 Å². The number of phenolic OH excluding ortho intramolecular Hbond substituents is 1. The molecule has 1 aromatic carbocycles. The highest BCUT2D eigenvalue weighted by molar-refractivity contribution is 5.93. The SMILES string of the molecule is COc1cc2c(N3CCN(C4CCCC4)CC3)nc(N(C)C)nc2cc1O. The zero-order chi connectivity index (χ0) is 19.0. The summed E-state index contributed by atoms with van der Waals surface area (Å²) in [6.45, 7) is 4.06. The van der Waals surface area contributed by atoms with E-state index < -0.39 is 0 Å². The summed E-state index contributed by atoms with van der Waals surface area (Å²) in [5.41, 5.74) is 0.736. The van der Waals surface area contributed by atoms with Crippen LogP contribution in [0.1, 0.15) is 25.7 Å². The molecule has 1 aliphatic carbocycles. The molecule has 0 bridgehead atoms. The Hall–Kier alpha value is -2.28. The summed E-state index contributed by atoms with van der Waals surface area (Å²) in [7, 11) is 5.44. The molecule has 0 amide bonds. The van der Waals surface area contributed by atoms with E-state index in [1.54, 1.807) is 13.2 Å². The van der Waals surface area contributed by atoms with Crippen LogP contribution in [0.25, 0.3) is 10.9 Å². The van der Waals surface area contributed by atoms with Gasteiger partial charge in [-0.15, -0.1) is 0 Å². The lowest BCUT2D eigenvalue weighted by Crippen LogP contribution is -2.50. The summed E-state index contributed by atoms with van der Waals surface area (Å²) in [4.78, 5) is 16.3. The van der Waals surface area contributed by atoms with Crippen molar-refractivity contribution in [2.24, 2.45) is 0 Å². The van der Waals surface area contributed by atoms with Crippen LogP contribution in [0.5, 0.6) is 11.5 Å². The van der Waals surface area contributed by atoms with Gasteiger partial charge in [0.15, 0.2) is 11.5 Å². The second kappa shape index (κ2) is 7.38. The van der Waals surface area contributed by atoms with Crippen molar-refractivity contribution >= 4 is 22.7 Å². The van der Waals surface area contributed by atoms with Gasteiger partial charge in [-0.3, -0.25) is 4.90 Å². The summed E-state index contributed by atoms with van der Waals surface area (Å²) in [6, 6.07) is 4.29. The Morgan fingerprint density at radius 2 is 1.78 bits per heavy atom. The number of fused-ring (bicyclic) bond motifs is 1. The van der Waals surface area contributed by atoms with Gasteiger partial charge in [0, 0.05) is 57.8 Å². The maximum Gasteiger partial charge on any atom is 0.227 e. The smallest absolute Gasteiger partial charge is 0.227 e. The minimum absolute atomic E-state index is 0.102. The molecule has 1 N–H and O–H groups in total. The van der Waals surface area contributed by atoms with E-state index in [9.17, 15) is 5.11 Å². The summed E-state index contributed by atoms with van der Waals surface area (Å²) < 4.78 is 5.31. The lowest BCUT2D eigenvalue weighted by Gasteiger charge is -2.39. The van der Waals surface area contributed by atoms with E-state index in [-0.39, 0.29) is 5.75 Å². The minimum Gasteiger partial charge on any atom is -0.504 e. The van der Waals surface area contributed by atoms with Gasteiger partial charge in [-0.2, -0.15) is 4.98 Å². The molecule has 1 aromatic heterocycles. The van der Waals surface area contributed by atoms with Crippen LogP contribution in [0.2, 0.25) is 0 Å². The predicted molar refractivity (Wildman–Crippen MR) is 108 cm³/mol. The van der Waals surface area contributed by atoms with Crippen molar-refractivity contribution < 1.29 is 9.84 Å². The number of methoxy groups -OCH3 is 1. The standard InChI is InChI=1S/C20H29N5O2/c1-23(2)20-21-16-13-17(26)18(27-3)12-15(16)19(22-20)25-10-8-24(9-11-25)14-6-4-5-7-14/h12-14,26H,4-11H2,1-3H3. The van der Waals surface area contributed by atoms with Gasteiger partial charge in [-0.1, -0.05) is 12.8 Å². The molecule has 7 heteroatoms. The molecule has 0 radical (unpaired) electrons. The van der Waals surface area contributed by atoms with Crippen molar-refractivity contribution in [2.75, 3.05) is 57.2 Å². The first-order chi connectivity index (χ1) is 13.1. The number of nitrogens with zero attached hydrogens (tertiary/aromatic N) is 5. The molecule has 2 aromatic rings. The van der Waals surface area contributed by atoms with Gasteiger partial charge in [-0.25, -0.2) is 4.98 Å². The zero-order valence-corrected chi connectivity index (χ0v) is 16.5. The van der Waals surface area contributed by atoms with Crippen molar-refractivity contribution in [2.45, 2.75) is 31.7 Å². The molecule has 7 nitrogen and oxygen atoms in total. The Balaban J connectivity index is 1.67. The number of ether oxygens (including phenoxy) is 1. The normalized spacial score (nSPS) is 19.0. The highest BCUT2D eigenvalue weighted by Gasteiger charge is 2.28. The molecule has 1 aliphatic heterocycles. The summed E-state index contributed by atoms with van der Waals surface area (Å²) in [6.07, 6.45) is 5.43. The Morgan fingerprint density at radius 1 is 1.07 bits per heavy atom. The largest absolute Gasteiger partial charge is 0.504 e. The number of hydrogen-bond donors (Lipinski definition) is 1. The van der Waals surface area contributed by atoms with E-state index in [2.05, 4.69) is 14.8 Å². The van der Waals surface area contributed by atoms with E-state index in [1.165, 1.54) is 25.7 Å². The monoisotopic (exact) mass is 371 g/mol. The first-order valence-corrected chi connectivity index (χ1v) is 9.82. The number of rotatable bonds is 4. The first-order valence-electron chi connectivity index (χ1n) is 9.82. The Labute approximate surface area is 160 Å². The van der Waals surface area contributed by atoms with Crippen molar-refractivity contribution in [3.05, 3.63) is 12.1 Å². The third kappa shape index (κ3) is 3.48. The van der Waals surface area contributed by atoms with Crippen molar-refractivity contribution in [1.82, 2.24) is 14.9 Å². The second-order valence-corrected chi connectivity index (χ2v) is 7.74. The molecule has 0 atom stereocenters. The second-order valence-electron chi connectivity index (χ2n) is 7.74. The molecular weight excluding hydrogens is 342 g/mol. The topological polar surface area (TPSA) is 65.0 Å². The van der Waals surface area contributed by atoms with Crippen LogP contribution in [0.15, 0.2) is 12.1 Å². The van der Waals surface area contributed by atoms with Gasteiger partial charge in [0.05, 0.1) is 12.6 Å². The summed E-state index contributed by atoms with van der Waals surface area (Å²) >= 11 is 0. The molecule has 2 heterocycles. The molecule has 2 fully saturated rings. The van der Waals surface area contributed by atoms with Gasteiger partial charge in [0.1, 0.15) is 5.82 Å². The number of aromatic hydroxyl groups is 1. The predicted octanol–water partition coefficient (Wildman–Crippen LogP) is 2.47. The molecule has 2 aliphatic rings. The van der Waals surface area contributed by atoms with Gasteiger partial charge < -0.3 is 19.6 Å². The van der Waals surface area contributed by atoms with Gasteiger partial charge in [0.25, 0.3) is 0 Å². The minimum atomic E-state index is 0.102. The Bertz CT molecular complexity index is 812. The molecule has 0 unspecified atom stereocenters. The zero-order valence-electron chi connectivity index (χ0n) is 16.5. The third-order valence-electron chi connectivity index (χ3n) is 5.82. The van der Waals surface area contributed by atoms with Crippen molar-refractivity contribution in [1.29, 1.82) is 0 Å². The first kappa shape index (κ1) is 18.1. The van der Waals surface area contributed by atoms with E-state index in [0.29, 0.717) is 11.7 Å². The van der Waals surface area contributed by atoms with E-state index in [1.807, 2.05) is 25.1 Å². The Kier molecular flexibility index (Phi) is 4.95. The number of hydrogen-bond acceptors (Lipinski definition) is 7. The average Bonchev–Trinajstić information content (AvgIpc) is 3.21. The highest BCUT2D eigenvalue weighted by atomic mass is 16.5. The van der Waals surface area contributed by atoms with Crippen LogP contribution in [-0.4, -0.2) is 73.4 Å². The fourth-order valence-electron chi connectivity index (χ4n) is 4.29. The van der Waals surface area contributed by atoms with Crippen LogP contribution < -0.4 is 14.5 Å². The lowest BCUT2D eigenvalue weighted by molar-refractivity contribution is 0.187. The van der Waals surface area contributed by atoms with Crippen molar-refractivity contribution in [3.8, 4) is 11.5 Å². The number of aromatic nitrogens is 2. The number of piperazine rings is 1. The number of phenols is 1. The van der Waals surface area contributed by atoms with Crippen LogP contribution in [0.3, 0.4) is 0 Å².